The standard InChI is InChI=1S/C18H18O/c1-2-8-16(17-11-6-7-12-18(17)19)14-13-15-9-4-3-5-10-15/h2-7,9-14,16,19H,1,8H2. The lowest BCUT2D eigenvalue weighted by Gasteiger charge is -2.12. The van der Waals surface area contributed by atoms with Crippen LogP contribution in [0.3, 0.4) is 0 Å². The van der Waals surface area contributed by atoms with Gasteiger partial charge in [0, 0.05) is 11.5 Å². The summed E-state index contributed by atoms with van der Waals surface area (Å²) in [5.41, 5.74) is 2.10. The smallest absolute Gasteiger partial charge is 0.119 e. The Morgan fingerprint density at radius 1 is 1.00 bits per heavy atom. The van der Waals surface area contributed by atoms with E-state index in [4.69, 9.17) is 0 Å². The van der Waals surface area contributed by atoms with E-state index >= 15 is 0 Å². The summed E-state index contributed by atoms with van der Waals surface area (Å²) in [6.45, 7) is 3.80. The van der Waals surface area contributed by atoms with Crippen LogP contribution >= 0.6 is 0 Å². The highest BCUT2D eigenvalue weighted by atomic mass is 16.3. The van der Waals surface area contributed by atoms with Gasteiger partial charge in [-0.15, -0.1) is 6.58 Å². The highest BCUT2D eigenvalue weighted by molar-refractivity contribution is 5.51. The molecule has 1 nitrogen and oxygen atoms in total. The van der Waals surface area contributed by atoms with Gasteiger partial charge in [0.05, 0.1) is 0 Å². The number of rotatable bonds is 5. The van der Waals surface area contributed by atoms with Crippen molar-refractivity contribution in [3.8, 4) is 5.75 Å². The van der Waals surface area contributed by atoms with E-state index in [1.54, 1.807) is 6.07 Å². The molecule has 0 saturated carbocycles. The summed E-state index contributed by atoms with van der Waals surface area (Å²) >= 11 is 0. The molecule has 1 unspecified atom stereocenters. The summed E-state index contributed by atoms with van der Waals surface area (Å²) in [5.74, 6) is 0.492. The number of hydrogen-bond donors (Lipinski definition) is 1. The molecule has 2 aromatic carbocycles. The van der Waals surface area contributed by atoms with Crippen molar-refractivity contribution < 1.29 is 5.11 Å². The highest BCUT2D eigenvalue weighted by Crippen LogP contribution is 2.29. The minimum atomic E-state index is 0.152. The van der Waals surface area contributed by atoms with Crippen LogP contribution in [0.1, 0.15) is 23.5 Å². The van der Waals surface area contributed by atoms with Crippen molar-refractivity contribution in [3.63, 3.8) is 0 Å². The molecule has 0 saturated heterocycles. The van der Waals surface area contributed by atoms with Crippen molar-refractivity contribution in [2.75, 3.05) is 0 Å². The van der Waals surface area contributed by atoms with Crippen molar-refractivity contribution in [1.82, 2.24) is 0 Å². The Balaban J connectivity index is 2.24. The largest absolute Gasteiger partial charge is 0.508 e. The van der Waals surface area contributed by atoms with Crippen molar-refractivity contribution in [1.29, 1.82) is 0 Å². The van der Waals surface area contributed by atoms with Crippen molar-refractivity contribution in [2.45, 2.75) is 12.3 Å². The number of benzene rings is 2. The normalized spacial score (nSPS) is 12.4. The van der Waals surface area contributed by atoms with Crippen LogP contribution in [0.4, 0.5) is 0 Å². The molecule has 1 N–H and O–H groups in total. The summed E-state index contributed by atoms with van der Waals surface area (Å²) in [6.07, 6.45) is 6.89. The van der Waals surface area contributed by atoms with E-state index in [-0.39, 0.29) is 5.92 Å². The maximum atomic E-state index is 9.94. The van der Waals surface area contributed by atoms with Crippen LogP contribution in [-0.2, 0) is 0 Å². The van der Waals surface area contributed by atoms with E-state index < -0.39 is 0 Å². The molecule has 0 aromatic heterocycles. The van der Waals surface area contributed by atoms with Crippen LogP contribution in [0.5, 0.6) is 5.75 Å². The van der Waals surface area contributed by atoms with Crippen molar-refractivity contribution in [3.05, 3.63) is 84.5 Å². The maximum absolute atomic E-state index is 9.94. The van der Waals surface area contributed by atoms with Gasteiger partial charge in [0.15, 0.2) is 0 Å². The van der Waals surface area contributed by atoms with Crippen LogP contribution in [0, 0.1) is 0 Å². The van der Waals surface area contributed by atoms with E-state index in [1.165, 1.54) is 0 Å². The van der Waals surface area contributed by atoms with Crippen LogP contribution in [0.2, 0.25) is 0 Å². The Kier molecular flexibility index (Phi) is 4.57. The zero-order valence-electron chi connectivity index (χ0n) is 10.9. The Hall–Kier alpha value is -2.28. The fourth-order valence-electron chi connectivity index (χ4n) is 2.08. The van der Waals surface area contributed by atoms with Crippen molar-refractivity contribution in [2.24, 2.45) is 0 Å². The molecular formula is C18H18O. The summed E-state index contributed by atoms with van der Waals surface area (Å²) in [5, 5.41) is 9.94. The quantitative estimate of drug-likeness (QED) is 0.758. The predicted molar refractivity (Wildman–Crippen MR) is 81.1 cm³/mol. The first-order valence-electron chi connectivity index (χ1n) is 6.43. The molecule has 1 atom stereocenters. The second-order valence-corrected chi connectivity index (χ2v) is 4.46. The van der Waals surface area contributed by atoms with Crippen LogP contribution < -0.4 is 0 Å². The summed E-state index contributed by atoms with van der Waals surface area (Å²) in [4.78, 5) is 0. The second kappa shape index (κ2) is 6.60. The van der Waals surface area contributed by atoms with E-state index in [0.29, 0.717) is 5.75 Å². The molecular weight excluding hydrogens is 232 g/mol. The predicted octanol–water partition coefficient (Wildman–Crippen LogP) is 4.77. The van der Waals surface area contributed by atoms with Gasteiger partial charge in [-0.1, -0.05) is 66.8 Å². The van der Waals surface area contributed by atoms with E-state index in [2.05, 4.69) is 30.9 Å². The van der Waals surface area contributed by atoms with E-state index in [1.807, 2.05) is 42.5 Å². The monoisotopic (exact) mass is 250 g/mol. The number of allylic oxidation sites excluding steroid dienone is 2. The third-order valence-electron chi connectivity index (χ3n) is 3.08. The number of aromatic hydroxyl groups is 1. The number of phenolic OH excluding ortho intramolecular Hbond substituents is 1. The number of phenols is 1. The lowest BCUT2D eigenvalue weighted by molar-refractivity contribution is 0.465. The Bertz CT molecular complexity index is 555. The first-order valence-corrected chi connectivity index (χ1v) is 6.43. The molecule has 0 aliphatic carbocycles. The van der Waals surface area contributed by atoms with E-state index in [0.717, 1.165) is 17.5 Å². The average Bonchev–Trinajstić information content (AvgIpc) is 2.45. The van der Waals surface area contributed by atoms with Gasteiger partial charge in [-0.3, -0.25) is 0 Å². The van der Waals surface area contributed by atoms with Crippen LogP contribution in [0.25, 0.3) is 6.08 Å². The Labute approximate surface area is 114 Å². The minimum Gasteiger partial charge on any atom is -0.508 e. The van der Waals surface area contributed by atoms with Gasteiger partial charge in [-0.25, -0.2) is 0 Å². The minimum absolute atomic E-state index is 0.152. The lowest BCUT2D eigenvalue weighted by Crippen LogP contribution is -1.94. The zero-order chi connectivity index (χ0) is 13.5. The SMILES string of the molecule is C=CCC(C=Cc1ccccc1)c1ccccc1O. The third-order valence-corrected chi connectivity index (χ3v) is 3.08. The molecule has 0 aliphatic heterocycles. The Morgan fingerprint density at radius 3 is 2.37 bits per heavy atom. The molecule has 0 aliphatic rings. The Morgan fingerprint density at radius 2 is 1.68 bits per heavy atom. The van der Waals surface area contributed by atoms with Gasteiger partial charge in [0.2, 0.25) is 0 Å². The third kappa shape index (κ3) is 3.59. The van der Waals surface area contributed by atoms with E-state index in [9.17, 15) is 5.11 Å². The van der Waals surface area contributed by atoms with Gasteiger partial charge in [0.25, 0.3) is 0 Å². The molecule has 2 rings (SSSR count). The first-order chi connectivity index (χ1) is 9.31. The number of hydrogen-bond acceptors (Lipinski definition) is 1. The molecule has 96 valence electrons. The molecule has 0 heterocycles. The summed E-state index contributed by atoms with van der Waals surface area (Å²) < 4.78 is 0. The molecule has 1 heteroatoms. The van der Waals surface area contributed by atoms with Crippen LogP contribution in [0.15, 0.2) is 73.3 Å². The van der Waals surface area contributed by atoms with Gasteiger partial charge in [-0.05, 0) is 18.1 Å². The fourth-order valence-corrected chi connectivity index (χ4v) is 2.08. The average molecular weight is 250 g/mol. The molecule has 0 amide bonds. The molecule has 19 heavy (non-hydrogen) atoms. The topological polar surface area (TPSA) is 20.2 Å². The van der Waals surface area contributed by atoms with Gasteiger partial charge in [-0.2, -0.15) is 0 Å². The molecule has 0 fully saturated rings. The first kappa shape index (κ1) is 13.2. The molecule has 2 aromatic rings. The zero-order valence-corrected chi connectivity index (χ0v) is 10.9. The summed E-state index contributed by atoms with van der Waals surface area (Å²) in [7, 11) is 0. The van der Waals surface area contributed by atoms with Gasteiger partial charge < -0.3 is 5.11 Å². The second-order valence-electron chi connectivity index (χ2n) is 4.46. The lowest BCUT2D eigenvalue weighted by atomic mass is 9.94. The molecule has 0 bridgehead atoms. The molecule has 0 radical (unpaired) electrons. The molecule has 0 spiro atoms. The van der Waals surface area contributed by atoms with Crippen molar-refractivity contribution >= 4 is 6.08 Å². The summed E-state index contributed by atoms with van der Waals surface area (Å²) in [6, 6.07) is 17.6. The fraction of sp³-hybridized carbons (Fsp3) is 0.111. The van der Waals surface area contributed by atoms with Gasteiger partial charge >= 0.3 is 0 Å². The maximum Gasteiger partial charge on any atom is 0.119 e. The highest BCUT2D eigenvalue weighted by Gasteiger charge is 2.10. The number of para-hydroxylation sites is 1. The van der Waals surface area contributed by atoms with Crippen LogP contribution in [-0.4, -0.2) is 5.11 Å². The van der Waals surface area contributed by atoms with Gasteiger partial charge in [0.1, 0.15) is 5.75 Å².